The van der Waals surface area contributed by atoms with Crippen molar-refractivity contribution in [1.29, 1.82) is 0 Å². The fourth-order valence-electron chi connectivity index (χ4n) is 3.98. The van der Waals surface area contributed by atoms with Gasteiger partial charge in [-0.25, -0.2) is 9.78 Å². The zero-order valence-corrected chi connectivity index (χ0v) is 18.1. The smallest absolute Gasteiger partial charge is 0.410 e. The third kappa shape index (κ3) is 3.72. The van der Waals surface area contributed by atoms with E-state index in [0.29, 0.717) is 13.1 Å². The normalized spacial score (nSPS) is 19.5. The second kappa shape index (κ2) is 7.03. The van der Waals surface area contributed by atoms with Crippen molar-refractivity contribution in [2.45, 2.75) is 65.6 Å². The number of rotatable bonds is 1. The van der Waals surface area contributed by atoms with Gasteiger partial charge in [-0.15, -0.1) is 11.3 Å². The number of nitrogens with one attached hydrogen (secondary N) is 1. The molecule has 1 amide bonds. The lowest BCUT2D eigenvalue weighted by molar-refractivity contribution is 0.0194. The number of hydrogen-bond donors (Lipinski definition) is 1. The minimum Gasteiger partial charge on any atom is -0.444 e. The molecule has 0 radical (unpaired) electrons. The van der Waals surface area contributed by atoms with Gasteiger partial charge in [0.15, 0.2) is 0 Å². The molecule has 2 aliphatic heterocycles. The van der Waals surface area contributed by atoms with Crippen LogP contribution < -0.4 is 5.32 Å². The van der Waals surface area contributed by atoms with Crippen LogP contribution in [0.4, 0.5) is 4.79 Å². The number of aliphatic imine (C=N–C) groups is 1. The Morgan fingerprint density at radius 3 is 2.89 bits per heavy atom. The Morgan fingerprint density at radius 1 is 1.36 bits per heavy atom. The van der Waals surface area contributed by atoms with Crippen LogP contribution in [0.5, 0.6) is 0 Å². The molecule has 1 unspecified atom stereocenters. The number of likely N-dealkylation sites (tertiary alicyclic amines) is 1. The molecule has 1 saturated heterocycles. The third-order valence-corrected chi connectivity index (χ3v) is 6.24. The highest BCUT2D eigenvalue weighted by atomic mass is 32.1. The van der Waals surface area contributed by atoms with Crippen LogP contribution in [0.15, 0.2) is 11.1 Å². The average Bonchev–Trinajstić information content (AvgIpc) is 3.13. The molecule has 4 rings (SSSR count). The van der Waals surface area contributed by atoms with Gasteiger partial charge in [-0.1, -0.05) is 0 Å². The lowest BCUT2D eigenvalue weighted by Gasteiger charge is -2.34. The summed E-state index contributed by atoms with van der Waals surface area (Å²) in [5.41, 5.74) is 3.14. The highest BCUT2D eigenvalue weighted by molar-refractivity contribution is 7.20. The number of aromatic nitrogens is 1. The summed E-state index contributed by atoms with van der Waals surface area (Å²) >= 11 is 1.72. The fourth-order valence-corrected chi connectivity index (χ4v) is 5.26. The monoisotopic (exact) mass is 400 g/mol. The number of thiophene rings is 1. The van der Waals surface area contributed by atoms with Crippen molar-refractivity contribution in [2.24, 2.45) is 4.99 Å². The first-order valence-corrected chi connectivity index (χ1v) is 10.7. The van der Waals surface area contributed by atoms with Crippen molar-refractivity contribution >= 4 is 33.5 Å². The number of piperidine rings is 1. The minimum atomic E-state index is -0.470. The molecule has 28 heavy (non-hydrogen) atoms. The van der Waals surface area contributed by atoms with Crippen LogP contribution in [0.1, 0.15) is 55.3 Å². The van der Waals surface area contributed by atoms with Crippen LogP contribution in [0.3, 0.4) is 0 Å². The molecule has 150 valence electrons. The zero-order valence-electron chi connectivity index (χ0n) is 17.3. The second-order valence-corrected chi connectivity index (χ2v) is 9.74. The Hall–Kier alpha value is -2.15. The molecule has 2 aromatic heterocycles. The summed E-state index contributed by atoms with van der Waals surface area (Å²) in [6.07, 6.45) is 1.75. The van der Waals surface area contributed by atoms with Gasteiger partial charge >= 0.3 is 6.09 Å². The number of fused-ring (bicyclic) bond motifs is 3. The fraction of sp³-hybridized carbons (Fsp3) is 0.571. The predicted octanol–water partition coefficient (Wildman–Crippen LogP) is 4.16. The predicted molar refractivity (Wildman–Crippen MR) is 113 cm³/mol. The van der Waals surface area contributed by atoms with Gasteiger partial charge in [-0.2, -0.15) is 0 Å². The molecule has 2 aliphatic rings. The van der Waals surface area contributed by atoms with Crippen molar-refractivity contribution in [1.82, 2.24) is 15.2 Å². The first-order chi connectivity index (χ1) is 13.2. The first kappa shape index (κ1) is 19.2. The van der Waals surface area contributed by atoms with Crippen molar-refractivity contribution in [3.05, 3.63) is 27.8 Å². The summed E-state index contributed by atoms with van der Waals surface area (Å²) in [5.74, 6) is 0.950. The highest BCUT2D eigenvalue weighted by Gasteiger charge is 2.30. The molecule has 0 aliphatic carbocycles. The Morgan fingerprint density at radius 2 is 2.14 bits per heavy atom. The summed E-state index contributed by atoms with van der Waals surface area (Å²) in [6, 6.07) is 2.33. The van der Waals surface area contributed by atoms with E-state index in [4.69, 9.17) is 14.7 Å². The van der Waals surface area contributed by atoms with Gasteiger partial charge < -0.3 is 15.0 Å². The van der Waals surface area contributed by atoms with Gasteiger partial charge in [-0.3, -0.25) is 4.99 Å². The van der Waals surface area contributed by atoms with Gasteiger partial charge in [0.05, 0.1) is 11.4 Å². The van der Waals surface area contributed by atoms with E-state index in [2.05, 4.69) is 18.3 Å². The van der Waals surface area contributed by atoms with Crippen molar-refractivity contribution in [3.8, 4) is 0 Å². The van der Waals surface area contributed by atoms with Crippen LogP contribution in [-0.4, -0.2) is 46.5 Å². The number of carbonyl (C=O) groups is 1. The largest absolute Gasteiger partial charge is 0.444 e. The van der Waals surface area contributed by atoms with E-state index in [1.807, 2.05) is 32.6 Å². The van der Waals surface area contributed by atoms with Crippen LogP contribution in [0, 0.1) is 13.8 Å². The van der Waals surface area contributed by atoms with Gasteiger partial charge in [0, 0.05) is 35.8 Å². The molecule has 0 aromatic carbocycles. The van der Waals surface area contributed by atoms with Gasteiger partial charge in [0.1, 0.15) is 16.3 Å². The first-order valence-electron chi connectivity index (χ1n) is 9.90. The van der Waals surface area contributed by atoms with Crippen LogP contribution in [0.2, 0.25) is 0 Å². The van der Waals surface area contributed by atoms with Crippen LogP contribution >= 0.6 is 11.3 Å². The van der Waals surface area contributed by atoms with E-state index in [1.54, 1.807) is 11.3 Å². The number of hydrogen-bond acceptors (Lipinski definition) is 6. The number of aryl methyl sites for hydroxylation is 2. The summed E-state index contributed by atoms with van der Waals surface area (Å²) in [6.45, 7) is 12.0. The molecular formula is C21H28N4O2S. The number of ether oxygens (including phenoxy) is 1. The molecule has 0 spiro atoms. The molecule has 1 N–H and O–H groups in total. The van der Waals surface area contributed by atoms with Crippen LogP contribution in [-0.2, 0) is 11.3 Å². The standard InChI is InChI=1S/C21H28N4O2S/c1-12-9-13(2)23-19-16(12)15-10-22-18(17(15)28-19)24-14-7-6-8-25(11-14)20(26)27-21(3,4)5/h9,14H,6-8,10-11H2,1-5H3,(H,22,24). The lowest BCUT2D eigenvalue weighted by Crippen LogP contribution is -2.50. The summed E-state index contributed by atoms with van der Waals surface area (Å²) < 4.78 is 5.54. The van der Waals surface area contributed by atoms with E-state index in [-0.39, 0.29) is 12.1 Å². The molecule has 0 bridgehead atoms. The number of amides is 1. The van der Waals surface area contributed by atoms with Crippen molar-refractivity contribution < 1.29 is 9.53 Å². The van der Waals surface area contributed by atoms with Gasteiger partial charge in [0.25, 0.3) is 0 Å². The van der Waals surface area contributed by atoms with Gasteiger partial charge in [0.2, 0.25) is 0 Å². The van der Waals surface area contributed by atoms with Crippen molar-refractivity contribution in [2.75, 3.05) is 13.1 Å². The Kier molecular flexibility index (Phi) is 4.81. The minimum absolute atomic E-state index is 0.187. The molecule has 1 atom stereocenters. The maximum atomic E-state index is 12.4. The van der Waals surface area contributed by atoms with E-state index in [9.17, 15) is 4.79 Å². The molecule has 1 fully saturated rings. The zero-order chi connectivity index (χ0) is 20.1. The number of nitrogens with zero attached hydrogens (tertiary/aromatic N) is 3. The Balaban J connectivity index is 1.49. The maximum absolute atomic E-state index is 12.4. The highest BCUT2D eigenvalue weighted by Crippen LogP contribution is 2.36. The summed E-state index contributed by atoms with van der Waals surface area (Å²) in [7, 11) is 0. The van der Waals surface area contributed by atoms with E-state index < -0.39 is 5.60 Å². The Bertz CT molecular complexity index is 957. The van der Waals surface area contributed by atoms with E-state index in [1.165, 1.54) is 21.4 Å². The molecule has 6 nitrogen and oxygen atoms in total. The number of amidine groups is 1. The maximum Gasteiger partial charge on any atom is 0.410 e. The van der Waals surface area contributed by atoms with E-state index in [0.717, 1.165) is 35.7 Å². The number of carbonyl (C=O) groups excluding carboxylic acids is 1. The number of pyridine rings is 1. The lowest BCUT2D eigenvalue weighted by atomic mass is 10.1. The molecular weight excluding hydrogens is 372 g/mol. The van der Waals surface area contributed by atoms with Crippen molar-refractivity contribution in [3.63, 3.8) is 0 Å². The molecule has 4 heterocycles. The Labute approximate surface area is 170 Å². The second-order valence-electron chi connectivity index (χ2n) is 8.75. The van der Waals surface area contributed by atoms with Crippen LogP contribution in [0.25, 0.3) is 10.2 Å². The quantitative estimate of drug-likeness (QED) is 0.780. The molecule has 7 heteroatoms. The summed E-state index contributed by atoms with van der Waals surface area (Å²) in [4.78, 5) is 26.0. The average molecular weight is 401 g/mol. The topological polar surface area (TPSA) is 66.8 Å². The third-order valence-electron chi connectivity index (χ3n) is 5.11. The SMILES string of the molecule is Cc1cc(C)c2c3c(sc2n1)C(NC1CCCN(C(=O)OC(C)(C)C)C1)=NC3. The van der Waals surface area contributed by atoms with E-state index >= 15 is 0 Å². The molecule has 0 saturated carbocycles. The van der Waals surface area contributed by atoms with Gasteiger partial charge in [-0.05, 0) is 59.1 Å². The summed E-state index contributed by atoms with van der Waals surface area (Å²) in [5, 5.41) is 4.85. The molecule has 2 aromatic rings.